The Hall–Kier alpha value is -5.20. The second-order valence-corrected chi connectivity index (χ2v) is 12.4. The number of aromatic nitrogens is 7. The fraction of sp³-hybridized carbons (Fsp3) is 0.235. The molecule has 0 radical (unpaired) electrons. The predicted molar refractivity (Wildman–Crippen MR) is 171 cm³/mol. The number of fused-ring (bicyclic) bond motifs is 1. The summed E-state index contributed by atoms with van der Waals surface area (Å²) >= 11 is 6.45. The third-order valence-corrected chi connectivity index (χ3v) is 8.69. The van der Waals surface area contributed by atoms with Gasteiger partial charge in [0, 0.05) is 41.3 Å². The number of pyridine rings is 2. The summed E-state index contributed by atoms with van der Waals surface area (Å²) in [5.74, 6) is 0.0789. The lowest BCUT2D eigenvalue weighted by atomic mass is 9.87. The highest BCUT2D eigenvalue weighted by Crippen LogP contribution is 2.40. The molecule has 1 saturated heterocycles. The number of hydrogen-bond acceptors (Lipinski definition) is 8. The van der Waals surface area contributed by atoms with E-state index in [9.17, 15) is 9.90 Å². The van der Waals surface area contributed by atoms with Crippen LogP contribution in [0.4, 0.5) is 4.39 Å². The molecule has 1 aliphatic rings. The number of hydrogen-bond donors (Lipinski definition) is 1. The molecule has 238 valence electrons. The Balaban J connectivity index is 1.12. The van der Waals surface area contributed by atoms with Crippen LogP contribution in [0.3, 0.4) is 0 Å². The van der Waals surface area contributed by atoms with Crippen molar-refractivity contribution in [1.82, 2.24) is 34.5 Å². The summed E-state index contributed by atoms with van der Waals surface area (Å²) < 4.78 is 31.0. The molecule has 47 heavy (non-hydrogen) atoms. The molecule has 5 heterocycles. The number of imidazole rings is 1. The largest absolute Gasteiger partial charge is 0.478 e. The molecule has 0 amide bonds. The van der Waals surface area contributed by atoms with Gasteiger partial charge in [-0.1, -0.05) is 48.9 Å². The summed E-state index contributed by atoms with van der Waals surface area (Å²) in [6.07, 6.45) is 5.03. The van der Waals surface area contributed by atoms with Crippen molar-refractivity contribution in [2.45, 2.75) is 32.9 Å². The third kappa shape index (κ3) is 6.05. The maximum Gasteiger partial charge on any atom is 0.335 e. The Morgan fingerprint density at radius 1 is 1.13 bits per heavy atom. The standard InChI is InChI=1S/C34H29ClFN7O4/c1-34(2)19-46-18-29(34)43-28-13-22(33(44)45)8-9-27(28)39-31(43)14-20-6-7-21(12-25(20)36)26-4-3-5-32(40-26)47-17-23-16-37-30(15-24(23)35)42-11-10-38-41-42/h3-13,15-16,29H,14,17-19H2,1-2H3,(H,44,45)/t29-/m1/s1. The molecule has 0 unspecified atom stereocenters. The van der Waals surface area contributed by atoms with Gasteiger partial charge in [0.2, 0.25) is 5.88 Å². The van der Waals surface area contributed by atoms with Gasteiger partial charge in [-0.3, -0.25) is 0 Å². The number of halogens is 2. The fourth-order valence-electron chi connectivity index (χ4n) is 5.77. The number of nitrogens with zero attached hydrogens (tertiary/aromatic N) is 7. The Labute approximate surface area is 273 Å². The van der Waals surface area contributed by atoms with Gasteiger partial charge in [-0.25, -0.2) is 28.8 Å². The molecule has 1 N–H and O–H groups in total. The molecule has 11 nitrogen and oxygen atoms in total. The lowest BCUT2D eigenvalue weighted by Gasteiger charge is -2.28. The van der Waals surface area contributed by atoms with Crippen molar-refractivity contribution in [3.63, 3.8) is 0 Å². The van der Waals surface area contributed by atoms with Crippen LogP contribution in [-0.2, 0) is 17.8 Å². The molecule has 1 atom stereocenters. The molecule has 0 bridgehead atoms. The number of aromatic carboxylic acids is 1. The Morgan fingerprint density at radius 3 is 2.72 bits per heavy atom. The molecule has 1 aliphatic heterocycles. The van der Waals surface area contributed by atoms with Crippen LogP contribution in [0.15, 0.2) is 79.3 Å². The van der Waals surface area contributed by atoms with Crippen LogP contribution in [-0.4, -0.2) is 58.8 Å². The van der Waals surface area contributed by atoms with Crippen LogP contribution in [0.5, 0.6) is 5.88 Å². The van der Waals surface area contributed by atoms with Gasteiger partial charge in [0.1, 0.15) is 18.2 Å². The van der Waals surface area contributed by atoms with Crippen molar-refractivity contribution in [2.75, 3.05) is 13.2 Å². The molecular weight excluding hydrogens is 625 g/mol. The lowest BCUT2D eigenvalue weighted by Crippen LogP contribution is -2.27. The SMILES string of the molecule is CC1(C)COC[C@H]1n1c(Cc2ccc(-c3cccc(OCc4cnc(-n5ccnn5)cc4Cl)n3)cc2F)nc2ccc(C(=O)O)cc21. The van der Waals surface area contributed by atoms with Gasteiger partial charge in [0.15, 0.2) is 5.82 Å². The first kappa shape index (κ1) is 30.5. The van der Waals surface area contributed by atoms with Crippen LogP contribution in [0.1, 0.15) is 47.2 Å². The van der Waals surface area contributed by atoms with Crippen LogP contribution < -0.4 is 4.74 Å². The van der Waals surface area contributed by atoms with Gasteiger partial charge in [0.05, 0.1) is 59.0 Å². The van der Waals surface area contributed by atoms with E-state index in [1.807, 2.05) is 10.6 Å². The van der Waals surface area contributed by atoms with E-state index in [1.165, 1.54) is 16.8 Å². The zero-order valence-electron chi connectivity index (χ0n) is 25.5. The summed E-state index contributed by atoms with van der Waals surface area (Å²) in [6.45, 7) is 5.33. The molecule has 13 heteroatoms. The van der Waals surface area contributed by atoms with Crippen molar-refractivity contribution in [2.24, 2.45) is 5.41 Å². The van der Waals surface area contributed by atoms with E-state index < -0.39 is 11.8 Å². The summed E-state index contributed by atoms with van der Waals surface area (Å²) in [4.78, 5) is 25.5. The minimum absolute atomic E-state index is 0.0990. The van der Waals surface area contributed by atoms with E-state index in [1.54, 1.807) is 61.1 Å². The quantitative estimate of drug-likeness (QED) is 0.190. The second-order valence-electron chi connectivity index (χ2n) is 12.0. The average Bonchev–Trinajstić information content (AvgIpc) is 3.80. The van der Waals surface area contributed by atoms with Gasteiger partial charge >= 0.3 is 5.97 Å². The van der Waals surface area contributed by atoms with E-state index in [0.717, 1.165) is 0 Å². The minimum atomic E-state index is -1.02. The Morgan fingerprint density at radius 2 is 2.00 bits per heavy atom. The summed E-state index contributed by atoms with van der Waals surface area (Å²) in [7, 11) is 0. The van der Waals surface area contributed by atoms with E-state index in [0.29, 0.717) is 69.2 Å². The van der Waals surface area contributed by atoms with E-state index in [2.05, 4.69) is 34.1 Å². The molecule has 0 saturated carbocycles. The Kier molecular flexibility index (Phi) is 7.90. The first-order valence-corrected chi connectivity index (χ1v) is 15.3. The first-order valence-electron chi connectivity index (χ1n) is 14.9. The smallest absolute Gasteiger partial charge is 0.335 e. The van der Waals surface area contributed by atoms with E-state index in [-0.39, 0.29) is 30.0 Å². The van der Waals surface area contributed by atoms with Crippen LogP contribution in [0.2, 0.25) is 5.02 Å². The van der Waals surface area contributed by atoms with Crippen molar-refractivity contribution >= 4 is 28.6 Å². The van der Waals surface area contributed by atoms with Gasteiger partial charge in [0.25, 0.3) is 0 Å². The van der Waals surface area contributed by atoms with E-state index >= 15 is 4.39 Å². The van der Waals surface area contributed by atoms with Gasteiger partial charge in [-0.2, -0.15) is 0 Å². The van der Waals surface area contributed by atoms with Crippen molar-refractivity contribution in [3.05, 3.63) is 113 Å². The van der Waals surface area contributed by atoms with Crippen molar-refractivity contribution < 1.29 is 23.8 Å². The zero-order chi connectivity index (χ0) is 32.7. The van der Waals surface area contributed by atoms with Gasteiger partial charge in [-0.05, 0) is 35.9 Å². The summed E-state index contributed by atoms with van der Waals surface area (Å²) in [5, 5.41) is 17.8. The number of carboxylic acids is 1. The monoisotopic (exact) mass is 653 g/mol. The van der Waals surface area contributed by atoms with Gasteiger partial charge < -0.3 is 19.1 Å². The maximum atomic E-state index is 15.7. The number of ether oxygens (including phenoxy) is 2. The normalized spacial score (nSPS) is 15.7. The van der Waals surface area contributed by atoms with Crippen LogP contribution in [0, 0.1) is 11.2 Å². The highest BCUT2D eigenvalue weighted by Gasteiger charge is 2.39. The second kappa shape index (κ2) is 12.2. The highest BCUT2D eigenvalue weighted by molar-refractivity contribution is 6.31. The van der Waals surface area contributed by atoms with Gasteiger partial charge in [-0.15, -0.1) is 5.10 Å². The average molecular weight is 654 g/mol. The van der Waals surface area contributed by atoms with Crippen molar-refractivity contribution in [1.29, 1.82) is 0 Å². The molecule has 0 aliphatic carbocycles. The molecule has 2 aromatic carbocycles. The summed E-state index contributed by atoms with van der Waals surface area (Å²) in [6, 6.07) is 16.7. The van der Waals surface area contributed by atoms with E-state index in [4.69, 9.17) is 26.1 Å². The molecule has 7 rings (SSSR count). The Bertz CT molecular complexity index is 2120. The van der Waals surface area contributed by atoms with Crippen LogP contribution in [0.25, 0.3) is 28.1 Å². The predicted octanol–water partition coefficient (Wildman–Crippen LogP) is 6.33. The molecule has 6 aromatic rings. The molecule has 1 fully saturated rings. The lowest BCUT2D eigenvalue weighted by molar-refractivity contribution is 0.0697. The topological polar surface area (TPSA) is 130 Å². The maximum absolute atomic E-state index is 15.7. The fourth-order valence-corrected chi connectivity index (χ4v) is 5.97. The molecular formula is C34H29ClFN7O4. The zero-order valence-corrected chi connectivity index (χ0v) is 26.2. The van der Waals surface area contributed by atoms with Crippen LogP contribution >= 0.6 is 11.6 Å². The number of carboxylic acid groups (broad SMARTS) is 1. The molecule has 4 aromatic heterocycles. The number of benzene rings is 2. The molecule has 0 spiro atoms. The third-order valence-electron chi connectivity index (χ3n) is 8.34. The highest BCUT2D eigenvalue weighted by atomic mass is 35.5. The first-order chi connectivity index (χ1) is 22.7. The number of rotatable bonds is 9. The summed E-state index contributed by atoms with van der Waals surface area (Å²) in [5.41, 5.74) is 3.50. The number of carbonyl (C=O) groups is 1. The minimum Gasteiger partial charge on any atom is -0.478 e. The van der Waals surface area contributed by atoms with Crippen molar-refractivity contribution in [3.8, 4) is 23.0 Å².